The lowest BCUT2D eigenvalue weighted by atomic mass is 9.97. The number of hydrogen-bond acceptors (Lipinski definition) is 5. The number of carbonyl (C=O) groups excluding carboxylic acids is 1. The molecule has 172 valence electrons. The van der Waals surface area contributed by atoms with Crippen LogP contribution in [0, 0.1) is 12.7 Å². The Bertz CT molecular complexity index is 946. The first-order valence-corrected chi connectivity index (χ1v) is 11.5. The van der Waals surface area contributed by atoms with Gasteiger partial charge in [0.05, 0.1) is 17.9 Å². The fraction of sp³-hybridized carbons (Fsp3) is 0.542. The molecular formula is C24H31F2N5O. The van der Waals surface area contributed by atoms with E-state index in [0.29, 0.717) is 30.2 Å². The van der Waals surface area contributed by atoms with Crippen LogP contribution in [0.25, 0.3) is 0 Å². The third-order valence-corrected chi connectivity index (χ3v) is 6.42. The number of aromatic nitrogens is 2. The lowest BCUT2D eigenvalue weighted by Gasteiger charge is -2.22. The Kier molecular flexibility index (Phi) is 6.98. The number of halogens is 2. The van der Waals surface area contributed by atoms with Gasteiger partial charge in [-0.05, 0) is 57.0 Å². The first-order chi connectivity index (χ1) is 15.4. The number of amides is 1. The number of aryl methyl sites for hydroxylation is 1. The van der Waals surface area contributed by atoms with Gasteiger partial charge < -0.3 is 15.1 Å². The first-order valence-electron chi connectivity index (χ1n) is 11.5. The summed E-state index contributed by atoms with van der Waals surface area (Å²) in [5.41, 5.74) is 2.31. The van der Waals surface area contributed by atoms with E-state index in [9.17, 15) is 13.6 Å². The number of nitrogens with zero attached hydrogens (tertiary/aromatic N) is 4. The molecule has 2 atom stereocenters. The van der Waals surface area contributed by atoms with Crippen molar-refractivity contribution in [1.29, 1.82) is 0 Å². The summed E-state index contributed by atoms with van der Waals surface area (Å²) in [6.07, 6.45) is 1.83. The number of hydrogen-bond donors (Lipinski definition) is 1. The van der Waals surface area contributed by atoms with E-state index in [4.69, 9.17) is 9.97 Å². The lowest BCUT2D eigenvalue weighted by molar-refractivity contribution is 0.0775. The summed E-state index contributed by atoms with van der Waals surface area (Å²) in [4.78, 5) is 26.4. The van der Waals surface area contributed by atoms with Gasteiger partial charge >= 0.3 is 0 Å². The van der Waals surface area contributed by atoms with Crippen molar-refractivity contribution in [1.82, 2.24) is 19.8 Å². The highest BCUT2D eigenvalue weighted by molar-refractivity contribution is 5.93. The number of carbonyl (C=O) groups is 1. The van der Waals surface area contributed by atoms with Crippen LogP contribution in [0.2, 0.25) is 0 Å². The smallest absolute Gasteiger partial charge is 0.274 e. The molecule has 32 heavy (non-hydrogen) atoms. The van der Waals surface area contributed by atoms with Gasteiger partial charge in [-0.3, -0.25) is 4.79 Å². The van der Waals surface area contributed by atoms with Crippen LogP contribution in [0.1, 0.15) is 59.5 Å². The molecule has 0 aliphatic carbocycles. The Labute approximate surface area is 188 Å². The molecule has 1 N–H and O–H groups in total. The van der Waals surface area contributed by atoms with Gasteiger partial charge in [-0.25, -0.2) is 18.7 Å². The molecule has 0 bridgehead atoms. The second kappa shape index (κ2) is 9.90. The second-order valence-electron chi connectivity index (χ2n) is 8.78. The molecule has 3 heterocycles. The van der Waals surface area contributed by atoms with Gasteiger partial charge in [0.25, 0.3) is 5.91 Å². The highest BCUT2D eigenvalue weighted by Gasteiger charge is 2.30. The fourth-order valence-corrected chi connectivity index (χ4v) is 4.47. The molecule has 0 spiro atoms. The molecule has 2 saturated heterocycles. The maximum absolute atomic E-state index is 13.7. The summed E-state index contributed by atoms with van der Waals surface area (Å²) in [5.74, 6) is -0.145. The minimum Gasteiger partial charge on any atom is -0.367 e. The predicted molar refractivity (Wildman–Crippen MR) is 120 cm³/mol. The Morgan fingerprint density at radius 2 is 1.91 bits per heavy atom. The number of nitrogens with one attached hydrogen (secondary N) is 1. The molecule has 1 unspecified atom stereocenters. The number of likely N-dealkylation sites (tertiary alicyclic amines) is 2. The lowest BCUT2D eigenvalue weighted by Crippen LogP contribution is -2.31. The van der Waals surface area contributed by atoms with Gasteiger partial charge in [0.1, 0.15) is 23.5 Å². The fourth-order valence-electron chi connectivity index (χ4n) is 4.47. The summed E-state index contributed by atoms with van der Waals surface area (Å²) in [6, 6.07) is 6.30. The van der Waals surface area contributed by atoms with E-state index in [-0.39, 0.29) is 29.9 Å². The Morgan fingerprint density at radius 1 is 1.19 bits per heavy atom. The van der Waals surface area contributed by atoms with Gasteiger partial charge in [-0.2, -0.15) is 0 Å². The normalized spacial score (nSPS) is 20.0. The van der Waals surface area contributed by atoms with Crippen LogP contribution in [0.5, 0.6) is 0 Å². The van der Waals surface area contributed by atoms with E-state index < -0.39 is 6.17 Å². The highest BCUT2D eigenvalue weighted by atomic mass is 19.1. The summed E-state index contributed by atoms with van der Waals surface area (Å²) in [7, 11) is 0. The first kappa shape index (κ1) is 22.6. The molecule has 2 aliphatic heterocycles. The molecule has 2 aromatic rings. The van der Waals surface area contributed by atoms with Gasteiger partial charge in [-0.1, -0.05) is 19.1 Å². The minimum absolute atomic E-state index is 0.0959. The van der Waals surface area contributed by atoms with Crippen LogP contribution >= 0.6 is 0 Å². The van der Waals surface area contributed by atoms with Crippen molar-refractivity contribution in [3.8, 4) is 0 Å². The van der Waals surface area contributed by atoms with Gasteiger partial charge in [-0.15, -0.1) is 0 Å². The summed E-state index contributed by atoms with van der Waals surface area (Å²) >= 11 is 0. The van der Waals surface area contributed by atoms with Gasteiger partial charge in [0.15, 0.2) is 0 Å². The highest BCUT2D eigenvalue weighted by Crippen LogP contribution is 2.29. The van der Waals surface area contributed by atoms with Crippen LogP contribution in [0.4, 0.5) is 14.6 Å². The van der Waals surface area contributed by atoms with Crippen LogP contribution in [0.3, 0.4) is 0 Å². The average Bonchev–Trinajstić information content (AvgIpc) is 3.45. The average molecular weight is 444 g/mol. The third kappa shape index (κ3) is 5.06. The Hall–Kier alpha value is -2.61. The largest absolute Gasteiger partial charge is 0.367 e. The van der Waals surface area contributed by atoms with E-state index in [1.807, 2.05) is 6.92 Å². The molecule has 1 aromatic carbocycles. The molecule has 8 heteroatoms. The van der Waals surface area contributed by atoms with Crippen LogP contribution in [0.15, 0.2) is 24.3 Å². The molecule has 6 nitrogen and oxygen atoms in total. The minimum atomic E-state index is -0.989. The van der Waals surface area contributed by atoms with E-state index in [1.165, 1.54) is 29.9 Å². The van der Waals surface area contributed by atoms with Crippen molar-refractivity contribution in [3.63, 3.8) is 0 Å². The maximum atomic E-state index is 13.7. The number of benzene rings is 1. The quantitative estimate of drug-likeness (QED) is 0.706. The second-order valence-corrected chi connectivity index (χ2v) is 8.78. The number of rotatable bonds is 7. The number of alkyl halides is 1. The summed E-state index contributed by atoms with van der Waals surface area (Å²) in [6.45, 7) is 8.09. The maximum Gasteiger partial charge on any atom is 0.274 e. The number of anilines is 1. The molecule has 4 rings (SSSR count). The molecule has 0 radical (unpaired) electrons. The van der Waals surface area contributed by atoms with Crippen molar-refractivity contribution in [2.45, 2.75) is 45.2 Å². The van der Waals surface area contributed by atoms with Crippen molar-refractivity contribution < 1.29 is 13.6 Å². The van der Waals surface area contributed by atoms with Crippen molar-refractivity contribution >= 4 is 11.7 Å². The van der Waals surface area contributed by atoms with E-state index in [1.54, 1.807) is 19.1 Å². The standard InChI is InChI=1S/C24H31F2N5O/c1-16(18-5-7-19(25)8-6-18)21-23(27-10-14-30-11-3-4-12-30)28-17(2)22(29-21)24(32)31-13-9-20(26)15-31/h5-8,16,20H,3-4,9-15H2,1-2H3,(H,27,28)/t16?,20-/m0/s1. The van der Waals surface area contributed by atoms with E-state index >= 15 is 0 Å². The topological polar surface area (TPSA) is 61.4 Å². The third-order valence-electron chi connectivity index (χ3n) is 6.42. The summed E-state index contributed by atoms with van der Waals surface area (Å²) < 4.78 is 27.1. The van der Waals surface area contributed by atoms with Crippen molar-refractivity contribution in [2.75, 3.05) is 44.6 Å². The Balaban J connectivity index is 1.62. The SMILES string of the molecule is Cc1nc(NCCN2CCCC2)c(C(C)c2ccc(F)cc2)nc1C(=O)N1CC[C@H](F)C1. The van der Waals surface area contributed by atoms with Crippen molar-refractivity contribution in [2.24, 2.45) is 0 Å². The monoisotopic (exact) mass is 443 g/mol. The van der Waals surface area contributed by atoms with Gasteiger partial charge in [0, 0.05) is 25.6 Å². The van der Waals surface area contributed by atoms with E-state index in [2.05, 4.69) is 10.2 Å². The molecule has 2 aliphatic rings. The van der Waals surface area contributed by atoms with Crippen LogP contribution < -0.4 is 5.32 Å². The zero-order valence-electron chi connectivity index (χ0n) is 18.8. The molecular weight excluding hydrogens is 412 g/mol. The molecule has 0 saturated carbocycles. The Morgan fingerprint density at radius 3 is 2.56 bits per heavy atom. The van der Waals surface area contributed by atoms with Crippen LogP contribution in [-0.2, 0) is 0 Å². The zero-order chi connectivity index (χ0) is 22.7. The van der Waals surface area contributed by atoms with Crippen LogP contribution in [-0.4, -0.2) is 71.1 Å². The zero-order valence-corrected chi connectivity index (χ0v) is 18.8. The predicted octanol–water partition coefficient (Wildman–Crippen LogP) is 3.77. The summed E-state index contributed by atoms with van der Waals surface area (Å²) in [5, 5.41) is 3.41. The van der Waals surface area contributed by atoms with Crippen molar-refractivity contribution in [3.05, 3.63) is 52.7 Å². The molecule has 1 aromatic heterocycles. The van der Waals surface area contributed by atoms with E-state index in [0.717, 1.165) is 31.7 Å². The van der Waals surface area contributed by atoms with Gasteiger partial charge in [0.2, 0.25) is 0 Å². The molecule has 2 fully saturated rings. The molecule has 1 amide bonds.